The van der Waals surface area contributed by atoms with Crippen molar-refractivity contribution in [3.63, 3.8) is 0 Å². The number of pyridine rings is 1. The van der Waals surface area contributed by atoms with Gasteiger partial charge in [-0.15, -0.1) is 0 Å². The molecule has 2 rings (SSSR count). The highest BCUT2D eigenvalue weighted by Crippen LogP contribution is 2.23. The lowest BCUT2D eigenvalue weighted by Gasteiger charge is -2.07. The molecule has 0 fully saturated rings. The summed E-state index contributed by atoms with van der Waals surface area (Å²) in [5, 5.41) is 0. The molecule has 0 saturated carbocycles. The van der Waals surface area contributed by atoms with Crippen LogP contribution < -0.4 is 10.5 Å². The molecule has 3 heteroatoms. The molecule has 100 valence electrons. The second-order valence-corrected chi connectivity index (χ2v) is 4.73. The number of nitrogens with two attached hydrogens (primary N) is 1. The van der Waals surface area contributed by atoms with E-state index >= 15 is 0 Å². The predicted molar refractivity (Wildman–Crippen MR) is 78.5 cm³/mol. The zero-order chi connectivity index (χ0) is 13.7. The molecule has 19 heavy (non-hydrogen) atoms. The van der Waals surface area contributed by atoms with E-state index in [0.29, 0.717) is 11.6 Å². The highest BCUT2D eigenvalue weighted by atomic mass is 16.5. The van der Waals surface area contributed by atoms with Crippen LogP contribution in [-0.4, -0.2) is 4.98 Å². The van der Waals surface area contributed by atoms with Gasteiger partial charge in [0.05, 0.1) is 0 Å². The van der Waals surface area contributed by atoms with Crippen molar-refractivity contribution < 1.29 is 4.74 Å². The lowest BCUT2D eigenvalue weighted by molar-refractivity contribution is 0.463. The Morgan fingerprint density at radius 1 is 1.21 bits per heavy atom. The average Bonchev–Trinajstić information content (AvgIpc) is 2.42. The maximum atomic E-state index is 5.83. The fourth-order valence-corrected chi connectivity index (χ4v) is 1.80. The lowest BCUT2D eigenvalue weighted by atomic mass is 10.1. The number of rotatable bonds is 5. The summed E-state index contributed by atoms with van der Waals surface area (Å²) < 4.78 is 5.68. The van der Waals surface area contributed by atoms with Crippen LogP contribution in [0, 0.1) is 6.92 Å². The van der Waals surface area contributed by atoms with E-state index in [0.717, 1.165) is 17.7 Å². The topological polar surface area (TPSA) is 48.1 Å². The van der Waals surface area contributed by atoms with Crippen molar-refractivity contribution in [1.82, 2.24) is 4.98 Å². The van der Waals surface area contributed by atoms with Crippen molar-refractivity contribution in [3.05, 3.63) is 47.7 Å². The monoisotopic (exact) mass is 256 g/mol. The molecule has 2 aromatic rings. The van der Waals surface area contributed by atoms with E-state index in [9.17, 15) is 0 Å². The molecule has 1 aromatic carbocycles. The molecule has 0 atom stereocenters. The van der Waals surface area contributed by atoms with Gasteiger partial charge in [-0.05, 0) is 43.0 Å². The molecule has 1 aromatic heterocycles. The first-order valence-corrected chi connectivity index (χ1v) is 6.68. The van der Waals surface area contributed by atoms with Crippen molar-refractivity contribution in [2.75, 3.05) is 5.73 Å². The number of ether oxygens (including phenoxy) is 1. The van der Waals surface area contributed by atoms with Gasteiger partial charge in [0.1, 0.15) is 5.75 Å². The van der Waals surface area contributed by atoms with Crippen molar-refractivity contribution in [2.24, 2.45) is 0 Å². The Bertz CT molecular complexity index is 535. The number of nitrogens with zero attached hydrogens (tertiary/aromatic N) is 1. The molecular formula is C16H20N2O. The summed E-state index contributed by atoms with van der Waals surface area (Å²) in [7, 11) is 0. The minimum absolute atomic E-state index is 0.532. The van der Waals surface area contributed by atoms with Crippen LogP contribution >= 0.6 is 0 Å². The van der Waals surface area contributed by atoms with E-state index in [1.807, 2.05) is 19.1 Å². The fraction of sp³-hybridized carbons (Fsp3) is 0.312. The van der Waals surface area contributed by atoms with Crippen LogP contribution in [0.25, 0.3) is 0 Å². The van der Waals surface area contributed by atoms with Gasteiger partial charge in [-0.3, -0.25) is 0 Å². The van der Waals surface area contributed by atoms with Crippen LogP contribution in [0.3, 0.4) is 0 Å². The fourth-order valence-electron chi connectivity index (χ4n) is 1.80. The van der Waals surface area contributed by atoms with Gasteiger partial charge in [-0.25, -0.2) is 4.98 Å². The number of unbranched alkanes of at least 4 members (excludes halogenated alkanes) is 1. The first-order valence-electron chi connectivity index (χ1n) is 6.68. The molecular weight excluding hydrogens is 236 g/mol. The maximum Gasteiger partial charge on any atom is 0.221 e. The van der Waals surface area contributed by atoms with Gasteiger partial charge in [0.25, 0.3) is 0 Å². The number of hydrogen-bond donors (Lipinski definition) is 1. The van der Waals surface area contributed by atoms with Crippen LogP contribution in [0.5, 0.6) is 11.6 Å². The summed E-state index contributed by atoms with van der Waals surface area (Å²) in [5.41, 5.74) is 8.83. The van der Waals surface area contributed by atoms with Gasteiger partial charge < -0.3 is 10.5 Å². The Morgan fingerprint density at radius 3 is 2.58 bits per heavy atom. The van der Waals surface area contributed by atoms with Gasteiger partial charge in [0.15, 0.2) is 0 Å². The summed E-state index contributed by atoms with van der Waals surface area (Å²) in [5.74, 6) is 1.32. The molecule has 3 nitrogen and oxygen atoms in total. The minimum atomic E-state index is 0.532. The molecule has 2 N–H and O–H groups in total. The zero-order valence-electron chi connectivity index (χ0n) is 11.5. The molecule has 0 unspecified atom stereocenters. The molecule has 0 radical (unpaired) electrons. The molecule has 1 heterocycles. The number of aryl methyl sites for hydroxylation is 2. The Hall–Kier alpha value is -2.03. The van der Waals surface area contributed by atoms with Crippen molar-refractivity contribution in [1.29, 1.82) is 0 Å². The highest BCUT2D eigenvalue weighted by Gasteiger charge is 2.01. The molecule has 0 aliphatic heterocycles. The summed E-state index contributed by atoms with van der Waals surface area (Å²) >= 11 is 0. The number of aromatic nitrogens is 1. The molecule has 0 bridgehead atoms. The highest BCUT2D eigenvalue weighted by molar-refractivity contribution is 5.47. The number of anilines is 1. The SMILES string of the molecule is CCCCc1ccc(Oc2cc(N)c(C)cn2)cc1. The van der Waals surface area contributed by atoms with Crippen molar-refractivity contribution in [3.8, 4) is 11.6 Å². The summed E-state index contributed by atoms with van der Waals surface area (Å²) in [6.45, 7) is 4.12. The molecule has 0 amide bonds. The van der Waals surface area contributed by atoms with E-state index in [2.05, 4.69) is 24.0 Å². The number of hydrogen-bond acceptors (Lipinski definition) is 3. The third-order valence-corrected chi connectivity index (χ3v) is 3.08. The van der Waals surface area contributed by atoms with Crippen LogP contribution in [0.2, 0.25) is 0 Å². The zero-order valence-corrected chi connectivity index (χ0v) is 11.5. The van der Waals surface area contributed by atoms with E-state index in [1.54, 1.807) is 12.3 Å². The predicted octanol–water partition coefficient (Wildman–Crippen LogP) is 4.11. The van der Waals surface area contributed by atoms with E-state index < -0.39 is 0 Å². The van der Waals surface area contributed by atoms with Crippen LogP contribution in [0.4, 0.5) is 5.69 Å². The normalized spacial score (nSPS) is 10.4. The van der Waals surface area contributed by atoms with Gasteiger partial charge in [0.2, 0.25) is 5.88 Å². The van der Waals surface area contributed by atoms with Crippen LogP contribution in [0.15, 0.2) is 36.5 Å². The third kappa shape index (κ3) is 3.71. The van der Waals surface area contributed by atoms with E-state index in [4.69, 9.17) is 10.5 Å². The minimum Gasteiger partial charge on any atom is -0.439 e. The average molecular weight is 256 g/mol. The molecule has 0 spiro atoms. The van der Waals surface area contributed by atoms with E-state index in [-0.39, 0.29) is 0 Å². The van der Waals surface area contributed by atoms with Crippen molar-refractivity contribution >= 4 is 5.69 Å². The Kier molecular flexibility index (Phi) is 4.39. The van der Waals surface area contributed by atoms with Crippen LogP contribution in [0.1, 0.15) is 30.9 Å². The second-order valence-electron chi connectivity index (χ2n) is 4.73. The molecule has 0 saturated heterocycles. The molecule has 0 aliphatic rings. The van der Waals surface area contributed by atoms with E-state index in [1.165, 1.54) is 18.4 Å². The summed E-state index contributed by atoms with van der Waals surface area (Å²) in [6, 6.07) is 9.90. The third-order valence-electron chi connectivity index (χ3n) is 3.08. The number of nitrogen functional groups attached to an aromatic ring is 1. The second kappa shape index (κ2) is 6.23. The first-order chi connectivity index (χ1) is 9.19. The Balaban J connectivity index is 2.04. The first kappa shape index (κ1) is 13.4. The number of benzene rings is 1. The molecule has 0 aliphatic carbocycles. The summed E-state index contributed by atoms with van der Waals surface area (Å²) in [6.07, 6.45) is 5.27. The summed E-state index contributed by atoms with van der Waals surface area (Å²) in [4.78, 5) is 4.20. The van der Waals surface area contributed by atoms with Crippen molar-refractivity contribution in [2.45, 2.75) is 33.1 Å². The standard InChI is InChI=1S/C16H20N2O/c1-3-4-5-13-6-8-14(9-7-13)19-16-10-15(17)12(2)11-18-16/h6-11H,3-5H2,1-2H3,(H2,17,18). The van der Waals surface area contributed by atoms with Gasteiger partial charge in [-0.2, -0.15) is 0 Å². The maximum absolute atomic E-state index is 5.83. The van der Waals surface area contributed by atoms with Crippen LogP contribution in [-0.2, 0) is 6.42 Å². The van der Waals surface area contributed by atoms with Gasteiger partial charge in [0, 0.05) is 18.0 Å². The quantitative estimate of drug-likeness (QED) is 0.875. The largest absolute Gasteiger partial charge is 0.439 e. The Labute approximate surface area is 114 Å². The Morgan fingerprint density at radius 2 is 1.95 bits per heavy atom. The smallest absolute Gasteiger partial charge is 0.221 e. The van der Waals surface area contributed by atoms with Gasteiger partial charge >= 0.3 is 0 Å². The van der Waals surface area contributed by atoms with Gasteiger partial charge in [-0.1, -0.05) is 25.5 Å². The lowest BCUT2D eigenvalue weighted by Crippen LogP contribution is -1.94.